The lowest BCUT2D eigenvalue weighted by Crippen LogP contribution is -2.25. The first-order chi connectivity index (χ1) is 14.5. The first-order valence-electron chi connectivity index (χ1n) is 9.90. The van der Waals surface area contributed by atoms with Gasteiger partial charge in [-0.15, -0.1) is 0 Å². The van der Waals surface area contributed by atoms with Crippen molar-refractivity contribution in [3.8, 4) is 0 Å². The van der Waals surface area contributed by atoms with Crippen molar-refractivity contribution >= 4 is 39.4 Å². The highest BCUT2D eigenvalue weighted by Gasteiger charge is 2.24. The number of aryl methyl sites for hydroxylation is 1. The molecule has 7 heteroatoms. The maximum atomic E-state index is 13.3. The lowest BCUT2D eigenvalue weighted by molar-refractivity contribution is 0.0995. The van der Waals surface area contributed by atoms with Gasteiger partial charge in [-0.05, 0) is 38.5 Å². The summed E-state index contributed by atoms with van der Waals surface area (Å²) in [5.74, 6) is -0.00827. The van der Waals surface area contributed by atoms with Gasteiger partial charge in [-0.1, -0.05) is 42.1 Å². The summed E-state index contributed by atoms with van der Waals surface area (Å²) in [7, 11) is 0. The van der Waals surface area contributed by atoms with Crippen LogP contribution in [0, 0.1) is 6.92 Å². The van der Waals surface area contributed by atoms with Gasteiger partial charge in [0.25, 0.3) is 5.56 Å². The number of nitrogens with one attached hydrogen (secondary N) is 1. The van der Waals surface area contributed by atoms with Crippen molar-refractivity contribution in [3.63, 3.8) is 0 Å². The Kier molecular flexibility index (Phi) is 5.74. The third kappa shape index (κ3) is 3.66. The fourth-order valence-electron chi connectivity index (χ4n) is 3.67. The van der Waals surface area contributed by atoms with Crippen molar-refractivity contribution < 1.29 is 9.90 Å². The van der Waals surface area contributed by atoms with Gasteiger partial charge in [0.2, 0.25) is 0 Å². The van der Waals surface area contributed by atoms with Gasteiger partial charge in [0.05, 0.1) is 16.2 Å². The van der Waals surface area contributed by atoms with Crippen LogP contribution in [0.4, 0.5) is 0 Å². The number of carbonyl (C=O) groups excluding carboxylic acids is 1. The van der Waals surface area contributed by atoms with Crippen molar-refractivity contribution in [1.29, 1.82) is 0 Å². The van der Waals surface area contributed by atoms with Crippen LogP contribution in [0.1, 0.15) is 29.4 Å². The molecule has 0 unspecified atom stereocenters. The van der Waals surface area contributed by atoms with E-state index in [2.05, 4.69) is 9.97 Å². The summed E-state index contributed by atoms with van der Waals surface area (Å²) in [6.07, 6.45) is 0.442. The fourth-order valence-corrected chi connectivity index (χ4v) is 4.67. The number of fused-ring (bicyclic) bond motifs is 2. The molecular formula is C23H23N3O3S. The molecule has 0 saturated heterocycles. The van der Waals surface area contributed by atoms with Crippen molar-refractivity contribution in [2.24, 2.45) is 0 Å². The molecule has 0 radical (unpaired) electrons. The monoisotopic (exact) mass is 421 g/mol. The van der Waals surface area contributed by atoms with Gasteiger partial charge in [-0.3, -0.25) is 14.2 Å². The molecule has 0 spiro atoms. The number of aliphatic hydroxyl groups is 1. The fraction of sp³-hybridized carbons (Fsp3) is 0.261. The summed E-state index contributed by atoms with van der Waals surface area (Å²) in [5.41, 5.74) is 2.89. The quantitative estimate of drug-likeness (QED) is 0.268. The third-order valence-electron chi connectivity index (χ3n) is 5.16. The van der Waals surface area contributed by atoms with E-state index in [-0.39, 0.29) is 17.9 Å². The molecule has 4 aromatic rings. The number of carbonyl (C=O) groups is 1. The average molecular weight is 422 g/mol. The number of benzene rings is 2. The van der Waals surface area contributed by atoms with Crippen LogP contribution in [0.25, 0.3) is 21.8 Å². The Morgan fingerprint density at radius 3 is 2.63 bits per heavy atom. The van der Waals surface area contributed by atoms with Crippen LogP contribution in [0.3, 0.4) is 0 Å². The number of Topliss-reactive ketones (excluding diaryl/α,β-unsaturated/α-hetero) is 1. The molecule has 30 heavy (non-hydrogen) atoms. The number of para-hydroxylation sites is 2. The van der Waals surface area contributed by atoms with Gasteiger partial charge in [0, 0.05) is 35.3 Å². The standard InChI is InChI=1S/C23H23N3O3S/c1-14-20(16-8-3-5-10-18(16)24-14)21(28)15(2)30-23-25-19-11-6-4-9-17(19)22(29)26(23)12-7-13-27/h3-6,8-11,15,24,27H,7,12-13H2,1-2H3/t15-/m0/s1. The molecule has 4 rings (SSSR count). The molecule has 154 valence electrons. The highest BCUT2D eigenvalue weighted by Crippen LogP contribution is 2.29. The van der Waals surface area contributed by atoms with Crippen LogP contribution < -0.4 is 5.56 Å². The van der Waals surface area contributed by atoms with Gasteiger partial charge in [-0.2, -0.15) is 0 Å². The van der Waals surface area contributed by atoms with E-state index < -0.39 is 5.25 Å². The first-order valence-corrected chi connectivity index (χ1v) is 10.8. The molecule has 2 heterocycles. The topological polar surface area (TPSA) is 88.0 Å². The number of hydrogen-bond donors (Lipinski definition) is 2. The summed E-state index contributed by atoms with van der Waals surface area (Å²) < 4.78 is 1.56. The second-order valence-electron chi connectivity index (χ2n) is 7.24. The number of thioether (sulfide) groups is 1. The molecular weight excluding hydrogens is 398 g/mol. The van der Waals surface area contributed by atoms with Crippen LogP contribution in [0.15, 0.2) is 58.5 Å². The van der Waals surface area contributed by atoms with Crippen LogP contribution >= 0.6 is 11.8 Å². The van der Waals surface area contributed by atoms with Crippen LogP contribution in [-0.4, -0.2) is 37.3 Å². The summed E-state index contributed by atoms with van der Waals surface area (Å²) in [4.78, 5) is 34.3. The molecule has 2 aromatic carbocycles. The largest absolute Gasteiger partial charge is 0.396 e. The summed E-state index contributed by atoms with van der Waals surface area (Å²) in [5, 5.41) is 10.7. The predicted octanol–water partition coefficient (Wildman–Crippen LogP) is 3.93. The molecule has 6 nitrogen and oxygen atoms in total. The lowest BCUT2D eigenvalue weighted by atomic mass is 10.1. The van der Waals surface area contributed by atoms with Gasteiger partial charge in [0.15, 0.2) is 10.9 Å². The molecule has 2 N–H and O–H groups in total. The Balaban J connectivity index is 1.73. The minimum Gasteiger partial charge on any atom is -0.396 e. The predicted molar refractivity (Wildman–Crippen MR) is 120 cm³/mol. The van der Waals surface area contributed by atoms with E-state index in [0.717, 1.165) is 16.6 Å². The van der Waals surface area contributed by atoms with Crippen molar-refractivity contribution in [1.82, 2.24) is 14.5 Å². The molecule has 1 atom stereocenters. The Morgan fingerprint density at radius 2 is 1.87 bits per heavy atom. The second-order valence-corrected chi connectivity index (χ2v) is 8.55. The van der Waals surface area contributed by atoms with E-state index in [1.54, 1.807) is 22.8 Å². The number of nitrogens with zero attached hydrogens (tertiary/aromatic N) is 2. The SMILES string of the molecule is Cc1[nH]c2ccccc2c1C(=O)[C@H](C)Sc1nc2ccccc2c(=O)n1CCCO. The van der Waals surface area contributed by atoms with E-state index in [9.17, 15) is 14.7 Å². The smallest absolute Gasteiger partial charge is 0.262 e. The average Bonchev–Trinajstić information content (AvgIpc) is 3.08. The second kappa shape index (κ2) is 8.45. The minimum absolute atomic E-state index is 0.00827. The Bertz CT molecular complexity index is 1290. The van der Waals surface area contributed by atoms with Gasteiger partial charge < -0.3 is 10.1 Å². The normalized spacial score (nSPS) is 12.5. The highest BCUT2D eigenvalue weighted by molar-refractivity contribution is 8.00. The molecule has 0 fully saturated rings. The van der Waals surface area contributed by atoms with E-state index in [0.29, 0.717) is 34.6 Å². The Hall–Kier alpha value is -2.90. The summed E-state index contributed by atoms with van der Waals surface area (Å²) >= 11 is 1.28. The number of hydrogen-bond acceptors (Lipinski definition) is 5. The summed E-state index contributed by atoms with van der Waals surface area (Å²) in [6.45, 7) is 4.07. The number of aromatic amines is 1. The minimum atomic E-state index is -0.434. The van der Waals surface area contributed by atoms with E-state index >= 15 is 0 Å². The molecule has 0 saturated carbocycles. The van der Waals surface area contributed by atoms with Crippen molar-refractivity contribution in [2.75, 3.05) is 6.61 Å². The number of ketones is 1. The number of H-pyrrole nitrogens is 1. The molecule has 0 aliphatic heterocycles. The zero-order valence-corrected chi connectivity index (χ0v) is 17.7. The molecule has 0 aliphatic rings. The van der Waals surface area contributed by atoms with Crippen molar-refractivity contribution in [3.05, 3.63) is 70.1 Å². The Morgan fingerprint density at radius 1 is 1.17 bits per heavy atom. The molecule has 0 aliphatic carbocycles. The van der Waals surface area contributed by atoms with E-state index in [1.165, 1.54) is 11.8 Å². The van der Waals surface area contributed by atoms with Crippen molar-refractivity contribution in [2.45, 2.75) is 37.2 Å². The lowest BCUT2D eigenvalue weighted by Gasteiger charge is -2.16. The first kappa shape index (κ1) is 20.4. The van der Waals surface area contributed by atoms with Crippen LogP contribution in [0.2, 0.25) is 0 Å². The maximum absolute atomic E-state index is 13.3. The van der Waals surface area contributed by atoms with E-state index in [4.69, 9.17) is 0 Å². The number of rotatable bonds is 7. The zero-order chi connectivity index (χ0) is 21.3. The molecule has 2 aromatic heterocycles. The van der Waals surface area contributed by atoms with E-state index in [1.807, 2.05) is 44.2 Å². The van der Waals surface area contributed by atoms with Crippen LogP contribution in [0.5, 0.6) is 0 Å². The number of aliphatic hydroxyl groups excluding tert-OH is 1. The van der Waals surface area contributed by atoms with Gasteiger partial charge >= 0.3 is 0 Å². The maximum Gasteiger partial charge on any atom is 0.262 e. The summed E-state index contributed by atoms with van der Waals surface area (Å²) in [6, 6.07) is 14.9. The number of aromatic nitrogens is 3. The Labute approximate surface area is 178 Å². The van der Waals surface area contributed by atoms with Gasteiger partial charge in [0.1, 0.15) is 0 Å². The van der Waals surface area contributed by atoms with Crippen LogP contribution in [-0.2, 0) is 6.54 Å². The highest BCUT2D eigenvalue weighted by atomic mass is 32.2. The zero-order valence-electron chi connectivity index (χ0n) is 16.9. The third-order valence-corrected chi connectivity index (χ3v) is 6.25. The molecule has 0 amide bonds. The van der Waals surface area contributed by atoms with Gasteiger partial charge in [-0.25, -0.2) is 4.98 Å². The molecule has 0 bridgehead atoms.